The van der Waals surface area contributed by atoms with Crippen LogP contribution in [-0.4, -0.2) is 87.5 Å². The van der Waals surface area contributed by atoms with Crippen LogP contribution < -0.4 is 5.32 Å². The van der Waals surface area contributed by atoms with Crippen molar-refractivity contribution in [3.63, 3.8) is 0 Å². The molecule has 0 aliphatic carbocycles. The number of amides is 1. The zero-order chi connectivity index (χ0) is 56.5. The first kappa shape index (κ1) is 73.1. The molecule has 1 aliphatic rings. The van der Waals surface area contributed by atoms with E-state index in [4.69, 9.17) is 9.47 Å². The van der Waals surface area contributed by atoms with Crippen LogP contribution in [0, 0.1) is 0 Å². The van der Waals surface area contributed by atoms with E-state index in [0.29, 0.717) is 12.8 Å². The van der Waals surface area contributed by atoms with E-state index >= 15 is 0 Å². The van der Waals surface area contributed by atoms with Gasteiger partial charge in [-0.3, -0.25) is 4.79 Å². The summed E-state index contributed by atoms with van der Waals surface area (Å²) in [5.41, 5.74) is 0. The van der Waals surface area contributed by atoms with Crippen molar-refractivity contribution < 1.29 is 39.8 Å². The standard InChI is InChI=1S/C69H121NO8/c1-3-5-7-9-11-13-15-17-19-20-21-22-23-24-25-26-27-28-29-30-31-32-33-34-35-36-37-38-39-40-41-42-43-44-45-47-49-51-53-55-57-59-65(73)70-62(61-77-69-68(76)67(75)66(74)64(60-71)78-69)63(72)58-56-54-52-50-48-46-18-16-14-12-10-8-6-4-2/h5,7,11,13,17,19,21-22,24-25,27-28,30-31,33-34,62-64,66-69,71-72,74-76H,3-4,6,8-10,12,14-16,18,20,23,26,29,32,35-61H2,1-2H3,(H,70,73)/b7-5-,13-11-,19-17-,22-21-,25-24-,28-27-,31-30-,34-33-. The van der Waals surface area contributed by atoms with Gasteiger partial charge in [-0.05, 0) is 77.0 Å². The van der Waals surface area contributed by atoms with Crippen molar-refractivity contribution >= 4 is 5.91 Å². The number of allylic oxidation sites excluding steroid dienone is 16. The number of hydrogen-bond donors (Lipinski definition) is 6. The molecule has 6 N–H and O–H groups in total. The predicted molar refractivity (Wildman–Crippen MR) is 331 cm³/mol. The second-order valence-corrected chi connectivity index (χ2v) is 22.2. The summed E-state index contributed by atoms with van der Waals surface area (Å²) >= 11 is 0. The second kappa shape index (κ2) is 57.3. The van der Waals surface area contributed by atoms with Crippen molar-refractivity contribution in [2.75, 3.05) is 13.2 Å². The number of aliphatic hydroxyl groups excluding tert-OH is 5. The lowest BCUT2D eigenvalue weighted by Gasteiger charge is -2.40. The number of carbonyl (C=O) groups is 1. The Labute approximate surface area is 479 Å². The zero-order valence-electron chi connectivity index (χ0n) is 50.1. The first-order valence-corrected chi connectivity index (χ1v) is 32.4. The first-order chi connectivity index (χ1) is 38.3. The Morgan fingerprint density at radius 1 is 0.449 bits per heavy atom. The van der Waals surface area contributed by atoms with Crippen molar-refractivity contribution in [1.29, 1.82) is 0 Å². The van der Waals surface area contributed by atoms with Gasteiger partial charge < -0.3 is 40.3 Å². The van der Waals surface area contributed by atoms with Crippen molar-refractivity contribution in [2.24, 2.45) is 0 Å². The summed E-state index contributed by atoms with van der Waals surface area (Å²) in [6.07, 6.45) is 76.0. The van der Waals surface area contributed by atoms with Gasteiger partial charge in [0.05, 0.1) is 25.4 Å². The molecule has 1 fully saturated rings. The number of rotatable bonds is 55. The van der Waals surface area contributed by atoms with Crippen molar-refractivity contribution in [3.05, 3.63) is 97.2 Å². The summed E-state index contributed by atoms with van der Waals surface area (Å²) in [6.45, 7) is 3.73. The summed E-state index contributed by atoms with van der Waals surface area (Å²) < 4.78 is 11.3. The monoisotopic (exact) mass is 1090 g/mol. The zero-order valence-corrected chi connectivity index (χ0v) is 50.1. The highest BCUT2D eigenvalue weighted by Gasteiger charge is 2.44. The van der Waals surface area contributed by atoms with Crippen LogP contribution in [0.25, 0.3) is 0 Å². The van der Waals surface area contributed by atoms with Crippen molar-refractivity contribution in [2.45, 2.75) is 320 Å². The molecule has 9 nitrogen and oxygen atoms in total. The number of unbranched alkanes of at least 4 members (excludes halogenated alkanes) is 29. The number of aliphatic hydroxyl groups is 5. The van der Waals surface area contributed by atoms with Gasteiger partial charge in [-0.2, -0.15) is 0 Å². The lowest BCUT2D eigenvalue weighted by molar-refractivity contribution is -0.302. The van der Waals surface area contributed by atoms with E-state index in [1.165, 1.54) is 161 Å². The van der Waals surface area contributed by atoms with Crippen molar-refractivity contribution in [1.82, 2.24) is 5.32 Å². The summed E-state index contributed by atoms with van der Waals surface area (Å²) in [7, 11) is 0. The lowest BCUT2D eigenvalue weighted by atomic mass is 9.99. The van der Waals surface area contributed by atoms with E-state index in [1.807, 2.05) is 0 Å². The topological polar surface area (TPSA) is 149 Å². The third-order valence-corrected chi connectivity index (χ3v) is 15.0. The fraction of sp³-hybridized carbons (Fsp3) is 0.754. The summed E-state index contributed by atoms with van der Waals surface area (Å²) in [6, 6.07) is -0.722. The number of nitrogens with one attached hydrogen (secondary N) is 1. The highest BCUT2D eigenvalue weighted by atomic mass is 16.7. The highest BCUT2D eigenvalue weighted by Crippen LogP contribution is 2.23. The Morgan fingerprint density at radius 3 is 1.18 bits per heavy atom. The van der Waals surface area contributed by atoms with E-state index < -0.39 is 49.5 Å². The Morgan fingerprint density at radius 2 is 0.795 bits per heavy atom. The molecule has 0 aromatic rings. The van der Waals surface area contributed by atoms with Gasteiger partial charge in [-0.1, -0.05) is 291 Å². The second-order valence-electron chi connectivity index (χ2n) is 22.2. The maximum absolute atomic E-state index is 13.1. The van der Waals surface area contributed by atoms with E-state index in [9.17, 15) is 30.3 Å². The van der Waals surface area contributed by atoms with E-state index in [2.05, 4.69) is 116 Å². The van der Waals surface area contributed by atoms with Gasteiger partial charge >= 0.3 is 0 Å². The van der Waals surface area contributed by atoms with Crippen LogP contribution in [0.4, 0.5) is 0 Å². The molecule has 1 heterocycles. The predicted octanol–water partition coefficient (Wildman–Crippen LogP) is 17.1. The number of carbonyl (C=O) groups excluding carboxylic acids is 1. The smallest absolute Gasteiger partial charge is 0.220 e. The SMILES string of the molecule is CC/C=C\C/C=C\C/C=C\C/C=C\C/C=C\C/C=C\C/C=C\C/C=C\CCCCCCCCCCCCCCCCCCC(=O)NC(COC1OC(CO)C(O)C(O)C1O)C(O)CCCCCCCCCCCCCCCC. The number of hydrogen-bond acceptors (Lipinski definition) is 8. The van der Waals surface area contributed by atoms with Gasteiger partial charge in [-0.25, -0.2) is 0 Å². The largest absolute Gasteiger partial charge is 0.394 e. The molecular formula is C69H121NO8. The first-order valence-electron chi connectivity index (χ1n) is 32.4. The molecule has 450 valence electrons. The minimum absolute atomic E-state index is 0.139. The summed E-state index contributed by atoms with van der Waals surface area (Å²) in [5.74, 6) is -0.145. The molecule has 1 aliphatic heterocycles. The minimum atomic E-state index is -1.56. The normalized spacial score (nSPS) is 19.3. The molecule has 1 amide bonds. The van der Waals surface area contributed by atoms with Gasteiger partial charge in [0, 0.05) is 6.42 Å². The van der Waals surface area contributed by atoms with E-state index in [0.717, 1.165) is 89.9 Å². The third kappa shape index (κ3) is 45.8. The number of ether oxygens (including phenoxy) is 2. The van der Waals surface area contributed by atoms with E-state index in [1.54, 1.807) is 0 Å². The average Bonchev–Trinajstić information content (AvgIpc) is 3.46. The van der Waals surface area contributed by atoms with Gasteiger partial charge in [0.15, 0.2) is 6.29 Å². The van der Waals surface area contributed by atoms with Gasteiger partial charge in [0.1, 0.15) is 24.4 Å². The van der Waals surface area contributed by atoms with Crippen molar-refractivity contribution in [3.8, 4) is 0 Å². The Kier molecular flexibility index (Phi) is 53.8. The maximum Gasteiger partial charge on any atom is 0.220 e. The third-order valence-electron chi connectivity index (χ3n) is 15.0. The summed E-state index contributed by atoms with van der Waals surface area (Å²) in [4.78, 5) is 13.1. The molecule has 9 heteroatoms. The van der Waals surface area contributed by atoms with E-state index in [-0.39, 0.29) is 12.5 Å². The van der Waals surface area contributed by atoms with Gasteiger partial charge in [0.25, 0.3) is 0 Å². The highest BCUT2D eigenvalue weighted by molar-refractivity contribution is 5.76. The molecule has 1 saturated heterocycles. The Balaban J connectivity index is 2.07. The maximum atomic E-state index is 13.1. The molecule has 0 bridgehead atoms. The molecule has 7 atom stereocenters. The van der Waals surface area contributed by atoms with Gasteiger partial charge in [0.2, 0.25) is 5.91 Å². The van der Waals surface area contributed by atoms with Crippen LogP contribution in [0.5, 0.6) is 0 Å². The van der Waals surface area contributed by atoms with Crippen LogP contribution >= 0.6 is 0 Å². The molecule has 1 rings (SSSR count). The molecule has 0 aromatic carbocycles. The lowest BCUT2D eigenvalue weighted by Crippen LogP contribution is -2.60. The minimum Gasteiger partial charge on any atom is -0.394 e. The molecular weight excluding hydrogens is 971 g/mol. The van der Waals surface area contributed by atoms with Crippen LogP contribution in [0.3, 0.4) is 0 Å². The van der Waals surface area contributed by atoms with Gasteiger partial charge in [-0.15, -0.1) is 0 Å². The Hall–Kier alpha value is -2.89. The van der Waals surface area contributed by atoms with Crippen LogP contribution in [0.2, 0.25) is 0 Å². The fourth-order valence-corrected chi connectivity index (χ4v) is 9.88. The molecule has 0 aromatic heterocycles. The fourth-order valence-electron chi connectivity index (χ4n) is 9.88. The molecule has 0 spiro atoms. The molecule has 0 radical (unpaired) electrons. The molecule has 0 saturated carbocycles. The average molecular weight is 1090 g/mol. The molecule has 7 unspecified atom stereocenters. The molecule has 78 heavy (non-hydrogen) atoms. The Bertz CT molecular complexity index is 1550. The van der Waals surface area contributed by atoms with Crippen LogP contribution in [0.1, 0.15) is 277 Å². The quantitative estimate of drug-likeness (QED) is 0.0261. The summed E-state index contributed by atoms with van der Waals surface area (Å²) in [5, 5.41) is 54.7. The van der Waals surface area contributed by atoms with Crippen LogP contribution in [-0.2, 0) is 14.3 Å². The van der Waals surface area contributed by atoms with Crippen LogP contribution in [0.15, 0.2) is 97.2 Å².